The molecule has 0 aromatic carbocycles. The average molecular weight is 265 g/mol. The highest BCUT2D eigenvalue weighted by atomic mass is 32.2. The van der Waals surface area contributed by atoms with Crippen LogP contribution in [0.3, 0.4) is 0 Å². The Balaban J connectivity index is 2.72. The van der Waals surface area contributed by atoms with Crippen LogP contribution in [0, 0.1) is 0 Å². The molecule has 2 unspecified atom stereocenters. The van der Waals surface area contributed by atoms with Crippen molar-refractivity contribution in [1.82, 2.24) is 4.90 Å². The van der Waals surface area contributed by atoms with Crippen LogP contribution in [0.5, 0.6) is 0 Å². The van der Waals surface area contributed by atoms with E-state index in [0.717, 1.165) is 6.26 Å². The lowest BCUT2D eigenvalue weighted by Crippen LogP contribution is -2.46. The van der Waals surface area contributed by atoms with E-state index >= 15 is 0 Å². The Hall–Kier alpha value is -0.170. The first kappa shape index (κ1) is 14.9. The normalized spacial score (nSPS) is 27.6. The smallest absolute Gasteiger partial charge is 0.264 e. The van der Waals surface area contributed by atoms with Gasteiger partial charge in [-0.15, -0.1) is 0 Å². The molecule has 0 radical (unpaired) electrons. The minimum absolute atomic E-state index is 0.0151. The van der Waals surface area contributed by atoms with Gasteiger partial charge in [-0.2, -0.15) is 8.42 Å². The van der Waals surface area contributed by atoms with Crippen LogP contribution in [-0.2, 0) is 19.0 Å². The van der Waals surface area contributed by atoms with Crippen LogP contribution < -0.4 is 0 Å². The Morgan fingerprint density at radius 1 is 1.35 bits per heavy atom. The zero-order chi connectivity index (χ0) is 13.3. The van der Waals surface area contributed by atoms with Gasteiger partial charge in [0, 0.05) is 25.2 Å². The first-order valence-corrected chi connectivity index (χ1v) is 7.59. The Kier molecular flexibility index (Phi) is 4.57. The van der Waals surface area contributed by atoms with E-state index in [2.05, 4.69) is 25.7 Å². The van der Waals surface area contributed by atoms with E-state index in [4.69, 9.17) is 8.92 Å². The number of likely N-dealkylation sites (tertiary alicyclic amines) is 1. The monoisotopic (exact) mass is 265 g/mol. The number of rotatable bonds is 4. The van der Waals surface area contributed by atoms with Gasteiger partial charge in [0.25, 0.3) is 10.1 Å². The van der Waals surface area contributed by atoms with Gasteiger partial charge in [0.15, 0.2) is 0 Å². The molecular formula is C11H23NO4S. The van der Waals surface area contributed by atoms with Crippen LogP contribution >= 0.6 is 0 Å². The van der Waals surface area contributed by atoms with Gasteiger partial charge in [-0.05, 0) is 27.2 Å². The Morgan fingerprint density at radius 2 is 1.94 bits per heavy atom. The Labute approximate surface area is 104 Å². The van der Waals surface area contributed by atoms with Crippen LogP contribution in [0.2, 0.25) is 0 Å². The molecule has 0 aromatic rings. The van der Waals surface area contributed by atoms with Crippen LogP contribution in [0.15, 0.2) is 0 Å². The van der Waals surface area contributed by atoms with Crippen LogP contribution in [-0.4, -0.2) is 57.5 Å². The average Bonchev–Trinajstić information content (AvgIpc) is 2.44. The molecular weight excluding hydrogens is 242 g/mol. The van der Waals surface area contributed by atoms with Gasteiger partial charge in [0.2, 0.25) is 0 Å². The number of hydrogen-bond acceptors (Lipinski definition) is 5. The second-order valence-electron chi connectivity index (χ2n) is 5.59. The standard InChI is InChI=1S/C11H23NO4S/c1-11(2,3)12-7-10(16-17(5,13)14)6-9(12)8-15-4/h9-10H,6-8H2,1-5H3. The molecule has 2 atom stereocenters. The van der Waals surface area contributed by atoms with Crippen LogP contribution in [0.1, 0.15) is 27.2 Å². The Morgan fingerprint density at radius 3 is 2.35 bits per heavy atom. The molecule has 0 N–H and O–H groups in total. The zero-order valence-corrected chi connectivity index (χ0v) is 12.1. The van der Waals surface area contributed by atoms with Crippen molar-refractivity contribution in [1.29, 1.82) is 0 Å². The molecule has 1 aliphatic heterocycles. The van der Waals surface area contributed by atoms with Crippen molar-refractivity contribution in [2.45, 2.75) is 44.9 Å². The summed E-state index contributed by atoms with van der Waals surface area (Å²) in [5.74, 6) is 0. The van der Waals surface area contributed by atoms with Crippen LogP contribution in [0.25, 0.3) is 0 Å². The van der Waals surface area contributed by atoms with Crippen molar-refractivity contribution in [3.8, 4) is 0 Å². The summed E-state index contributed by atoms with van der Waals surface area (Å²) >= 11 is 0. The highest BCUT2D eigenvalue weighted by molar-refractivity contribution is 7.86. The van der Waals surface area contributed by atoms with Crippen molar-refractivity contribution in [3.63, 3.8) is 0 Å². The fraction of sp³-hybridized carbons (Fsp3) is 1.00. The summed E-state index contributed by atoms with van der Waals surface area (Å²) in [6, 6.07) is 0.215. The van der Waals surface area contributed by atoms with Gasteiger partial charge in [-0.3, -0.25) is 9.08 Å². The van der Waals surface area contributed by atoms with Crippen molar-refractivity contribution >= 4 is 10.1 Å². The fourth-order valence-corrected chi connectivity index (χ4v) is 3.00. The van der Waals surface area contributed by atoms with Gasteiger partial charge < -0.3 is 4.74 Å². The summed E-state index contributed by atoms with van der Waals surface area (Å²) < 4.78 is 32.5. The lowest BCUT2D eigenvalue weighted by molar-refractivity contribution is 0.0585. The molecule has 1 rings (SSSR count). The lowest BCUT2D eigenvalue weighted by atomic mass is 10.1. The van der Waals surface area contributed by atoms with Crippen molar-refractivity contribution in [3.05, 3.63) is 0 Å². The maximum atomic E-state index is 11.1. The summed E-state index contributed by atoms with van der Waals surface area (Å²) in [7, 11) is -1.72. The van der Waals surface area contributed by atoms with Crippen molar-refractivity contribution in [2.24, 2.45) is 0 Å². The first-order chi connectivity index (χ1) is 7.63. The molecule has 1 fully saturated rings. The third kappa shape index (κ3) is 4.54. The molecule has 6 heteroatoms. The fourth-order valence-electron chi connectivity index (χ4n) is 2.36. The van der Waals surface area contributed by atoms with Gasteiger partial charge in [-0.1, -0.05) is 0 Å². The van der Waals surface area contributed by atoms with Crippen molar-refractivity contribution in [2.75, 3.05) is 26.5 Å². The molecule has 5 nitrogen and oxygen atoms in total. The van der Waals surface area contributed by atoms with E-state index in [0.29, 0.717) is 19.6 Å². The van der Waals surface area contributed by atoms with Crippen molar-refractivity contribution < 1.29 is 17.3 Å². The third-order valence-corrected chi connectivity index (χ3v) is 3.53. The van der Waals surface area contributed by atoms with E-state index < -0.39 is 10.1 Å². The van der Waals surface area contributed by atoms with E-state index in [-0.39, 0.29) is 17.7 Å². The van der Waals surface area contributed by atoms with E-state index in [1.165, 1.54) is 0 Å². The van der Waals surface area contributed by atoms with Gasteiger partial charge in [-0.25, -0.2) is 0 Å². The SMILES string of the molecule is COCC1CC(OS(C)(=O)=O)CN1C(C)(C)C. The molecule has 1 heterocycles. The summed E-state index contributed by atoms with van der Waals surface area (Å²) in [6.45, 7) is 7.56. The topological polar surface area (TPSA) is 55.8 Å². The molecule has 0 aliphatic carbocycles. The second kappa shape index (κ2) is 5.22. The molecule has 0 spiro atoms. The Bertz CT molecular complexity index is 347. The maximum absolute atomic E-state index is 11.1. The minimum Gasteiger partial charge on any atom is -0.383 e. The first-order valence-electron chi connectivity index (χ1n) is 5.77. The predicted octanol–water partition coefficient (Wildman–Crippen LogP) is 0.850. The molecule has 0 amide bonds. The number of hydrogen-bond donors (Lipinski definition) is 0. The number of ether oxygens (including phenoxy) is 1. The number of methoxy groups -OCH3 is 1. The lowest BCUT2D eigenvalue weighted by Gasteiger charge is -2.36. The molecule has 1 saturated heterocycles. The van der Waals surface area contributed by atoms with E-state index in [1.807, 2.05) is 0 Å². The summed E-state index contributed by atoms with van der Waals surface area (Å²) in [4.78, 5) is 2.24. The van der Waals surface area contributed by atoms with Crippen LogP contribution in [0.4, 0.5) is 0 Å². The third-order valence-electron chi connectivity index (χ3n) is 2.91. The highest BCUT2D eigenvalue weighted by Crippen LogP contribution is 2.28. The minimum atomic E-state index is -3.38. The zero-order valence-electron chi connectivity index (χ0n) is 11.3. The summed E-state index contributed by atoms with van der Waals surface area (Å²) in [6.07, 6.45) is 1.53. The molecule has 17 heavy (non-hydrogen) atoms. The number of nitrogens with zero attached hydrogens (tertiary/aromatic N) is 1. The molecule has 0 saturated carbocycles. The van der Waals surface area contributed by atoms with E-state index in [1.54, 1.807) is 7.11 Å². The highest BCUT2D eigenvalue weighted by Gasteiger charge is 2.39. The largest absolute Gasteiger partial charge is 0.383 e. The van der Waals surface area contributed by atoms with Gasteiger partial charge >= 0.3 is 0 Å². The molecule has 1 aliphatic rings. The maximum Gasteiger partial charge on any atom is 0.264 e. The molecule has 0 bridgehead atoms. The quantitative estimate of drug-likeness (QED) is 0.705. The van der Waals surface area contributed by atoms with Gasteiger partial charge in [0.05, 0.1) is 19.0 Å². The predicted molar refractivity (Wildman–Crippen MR) is 66.5 cm³/mol. The van der Waals surface area contributed by atoms with Gasteiger partial charge in [0.1, 0.15) is 0 Å². The summed E-state index contributed by atoms with van der Waals surface area (Å²) in [5.41, 5.74) is -0.0151. The second-order valence-corrected chi connectivity index (χ2v) is 7.19. The van der Waals surface area contributed by atoms with E-state index in [9.17, 15) is 8.42 Å². The molecule has 102 valence electrons. The molecule has 0 aromatic heterocycles. The summed E-state index contributed by atoms with van der Waals surface area (Å²) in [5, 5.41) is 0.